The number of amides is 2. The van der Waals surface area contributed by atoms with E-state index >= 15 is 0 Å². The Balaban J connectivity index is 4.76. The van der Waals surface area contributed by atoms with E-state index in [0.29, 0.717) is 12.8 Å². The second kappa shape index (κ2) is 64.6. The zero-order valence-corrected chi connectivity index (χ0v) is 53.0. The van der Waals surface area contributed by atoms with Crippen molar-refractivity contribution in [3.05, 3.63) is 0 Å². The molecule has 7 heteroatoms. The minimum atomic E-state index is 0.155. The summed E-state index contributed by atoms with van der Waals surface area (Å²) in [5.74, 6) is 0.310. The standard InChI is InChI=1S/C69H141N5O2/c1-6-11-15-19-23-27-31-35-39-43-47-51-60-73(61-52-48-44-40-36-32-28-24-20-16-12-7-2)66-57-70-68(75)55-64-72(59-10-5)65-56-69(76)71-58-67-74(62-53-49-45-41-37-33-29-25-21-17-13-8-3)63-54-50-46-42-38-34-30-26-22-18-14-9-4/h6-67H2,1-5H3,(H,70,75)(H,71,76). The first-order valence-corrected chi connectivity index (χ1v) is 35.2. The minimum Gasteiger partial charge on any atom is -0.355 e. The molecule has 0 rings (SSSR count). The number of unbranched alkanes of at least 4 members (excludes halogenated alkanes) is 44. The number of carbonyl (C=O) groups excluding carboxylic acids is 2. The van der Waals surface area contributed by atoms with Gasteiger partial charge in [0.25, 0.3) is 0 Å². The normalized spacial score (nSPS) is 11.8. The Hall–Kier alpha value is -1.18. The predicted molar refractivity (Wildman–Crippen MR) is 339 cm³/mol. The van der Waals surface area contributed by atoms with Crippen LogP contribution < -0.4 is 10.6 Å². The fourth-order valence-electron chi connectivity index (χ4n) is 11.4. The van der Waals surface area contributed by atoms with Crippen molar-refractivity contribution >= 4 is 11.8 Å². The van der Waals surface area contributed by atoms with Crippen molar-refractivity contribution in [1.82, 2.24) is 25.3 Å². The van der Waals surface area contributed by atoms with E-state index in [1.807, 2.05) is 0 Å². The molecule has 0 saturated heterocycles. The second-order valence-electron chi connectivity index (χ2n) is 24.3. The third-order valence-corrected chi connectivity index (χ3v) is 16.7. The lowest BCUT2D eigenvalue weighted by Gasteiger charge is -2.24. The van der Waals surface area contributed by atoms with Gasteiger partial charge in [-0.3, -0.25) is 9.59 Å². The summed E-state index contributed by atoms with van der Waals surface area (Å²) in [5.41, 5.74) is 0. The maximum atomic E-state index is 13.2. The van der Waals surface area contributed by atoms with Crippen LogP contribution in [0.2, 0.25) is 0 Å². The van der Waals surface area contributed by atoms with Crippen LogP contribution >= 0.6 is 0 Å². The van der Waals surface area contributed by atoms with Gasteiger partial charge in [0.05, 0.1) is 0 Å². The molecule has 0 aromatic heterocycles. The van der Waals surface area contributed by atoms with Crippen molar-refractivity contribution in [3.8, 4) is 0 Å². The van der Waals surface area contributed by atoms with Crippen molar-refractivity contribution in [2.24, 2.45) is 0 Å². The third kappa shape index (κ3) is 59.0. The van der Waals surface area contributed by atoms with Crippen LogP contribution in [-0.2, 0) is 9.59 Å². The zero-order valence-electron chi connectivity index (χ0n) is 53.0. The Labute approximate surface area is 478 Å². The molecule has 0 aliphatic heterocycles. The van der Waals surface area contributed by atoms with E-state index in [-0.39, 0.29) is 11.8 Å². The van der Waals surface area contributed by atoms with Crippen molar-refractivity contribution in [1.29, 1.82) is 0 Å². The Morgan fingerprint density at radius 1 is 0.211 bits per heavy atom. The molecule has 76 heavy (non-hydrogen) atoms. The fraction of sp³-hybridized carbons (Fsp3) is 0.971. The highest BCUT2D eigenvalue weighted by Crippen LogP contribution is 2.17. The first-order chi connectivity index (χ1) is 37.5. The molecular formula is C69H141N5O2. The first kappa shape index (κ1) is 74.8. The quantitative estimate of drug-likeness (QED) is 0.0594. The lowest BCUT2D eigenvalue weighted by atomic mass is 10.0. The summed E-state index contributed by atoms with van der Waals surface area (Å²) >= 11 is 0. The van der Waals surface area contributed by atoms with Crippen LogP contribution in [-0.4, -0.2) is 98.5 Å². The van der Waals surface area contributed by atoms with E-state index < -0.39 is 0 Å². The van der Waals surface area contributed by atoms with Crippen molar-refractivity contribution in [2.45, 2.75) is 362 Å². The van der Waals surface area contributed by atoms with E-state index in [9.17, 15) is 9.59 Å². The smallest absolute Gasteiger partial charge is 0.221 e. The largest absolute Gasteiger partial charge is 0.355 e. The monoisotopic (exact) mass is 1070 g/mol. The van der Waals surface area contributed by atoms with Crippen molar-refractivity contribution in [2.75, 3.05) is 72.0 Å². The van der Waals surface area contributed by atoms with Crippen LogP contribution in [0.3, 0.4) is 0 Å². The van der Waals surface area contributed by atoms with Gasteiger partial charge in [0.15, 0.2) is 0 Å². The van der Waals surface area contributed by atoms with E-state index in [1.54, 1.807) is 0 Å². The summed E-state index contributed by atoms with van der Waals surface area (Å²) in [6, 6.07) is 0. The van der Waals surface area contributed by atoms with Crippen LogP contribution in [0.15, 0.2) is 0 Å². The number of nitrogens with one attached hydrogen (secondary N) is 2. The lowest BCUT2D eigenvalue weighted by molar-refractivity contribution is -0.121. The lowest BCUT2D eigenvalue weighted by Crippen LogP contribution is -2.39. The number of hydrogen-bond donors (Lipinski definition) is 2. The van der Waals surface area contributed by atoms with Crippen molar-refractivity contribution < 1.29 is 9.59 Å². The molecule has 0 aromatic rings. The van der Waals surface area contributed by atoms with Crippen LogP contribution in [0.4, 0.5) is 0 Å². The van der Waals surface area contributed by atoms with Gasteiger partial charge in [0, 0.05) is 52.1 Å². The van der Waals surface area contributed by atoms with E-state index in [2.05, 4.69) is 60.0 Å². The van der Waals surface area contributed by atoms with E-state index in [0.717, 1.165) is 78.4 Å². The number of hydrogen-bond acceptors (Lipinski definition) is 5. The Bertz CT molecular complexity index is 983. The molecule has 0 spiro atoms. The average molecular weight is 1070 g/mol. The summed E-state index contributed by atoms with van der Waals surface area (Å²) in [6.45, 7) is 21.8. The predicted octanol–water partition coefficient (Wildman–Crippen LogP) is 20.1. The molecule has 454 valence electrons. The molecule has 0 unspecified atom stereocenters. The molecule has 0 aliphatic carbocycles. The average Bonchev–Trinajstić information content (AvgIpc) is 3.42. The van der Waals surface area contributed by atoms with Gasteiger partial charge in [-0.05, 0) is 64.8 Å². The SMILES string of the molecule is CCCCCCCCCCCCCCN(CCCCCCCCCCCCCC)CCNC(=O)CCN(CCC)CCC(=O)NCCN(CCCCCCCCCCCCCC)CCCCCCCCCCCCCC. The highest BCUT2D eigenvalue weighted by Gasteiger charge is 2.13. The summed E-state index contributed by atoms with van der Waals surface area (Å²) < 4.78 is 0. The van der Waals surface area contributed by atoms with Crippen molar-refractivity contribution in [3.63, 3.8) is 0 Å². The molecule has 7 nitrogen and oxygen atoms in total. The van der Waals surface area contributed by atoms with Gasteiger partial charge in [0.1, 0.15) is 0 Å². The number of nitrogens with zero attached hydrogens (tertiary/aromatic N) is 3. The maximum absolute atomic E-state index is 13.2. The fourth-order valence-corrected chi connectivity index (χ4v) is 11.4. The molecule has 0 heterocycles. The third-order valence-electron chi connectivity index (χ3n) is 16.7. The Morgan fingerprint density at radius 2 is 0.395 bits per heavy atom. The Morgan fingerprint density at radius 3 is 0.592 bits per heavy atom. The van der Waals surface area contributed by atoms with E-state index in [1.165, 1.54) is 308 Å². The summed E-state index contributed by atoms with van der Waals surface area (Å²) in [4.78, 5) is 34.0. The molecule has 0 bridgehead atoms. The highest BCUT2D eigenvalue weighted by molar-refractivity contribution is 5.76. The molecule has 0 saturated carbocycles. The van der Waals surface area contributed by atoms with Crippen LogP contribution in [0, 0.1) is 0 Å². The maximum Gasteiger partial charge on any atom is 0.221 e. The summed E-state index contributed by atoms with van der Waals surface area (Å²) in [6.07, 6.45) is 68.6. The number of rotatable bonds is 66. The van der Waals surface area contributed by atoms with Gasteiger partial charge in [-0.15, -0.1) is 0 Å². The van der Waals surface area contributed by atoms with Gasteiger partial charge in [0.2, 0.25) is 11.8 Å². The van der Waals surface area contributed by atoms with Crippen LogP contribution in [0.25, 0.3) is 0 Å². The molecule has 0 aliphatic rings. The minimum absolute atomic E-state index is 0.155. The molecule has 0 atom stereocenters. The molecule has 0 radical (unpaired) electrons. The number of carbonyl (C=O) groups is 2. The van der Waals surface area contributed by atoms with Gasteiger partial charge < -0.3 is 25.3 Å². The van der Waals surface area contributed by atoms with Gasteiger partial charge in [-0.2, -0.15) is 0 Å². The summed E-state index contributed by atoms with van der Waals surface area (Å²) in [5, 5.41) is 6.58. The van der Waals surface area contributed by atoms with Gasteiger partial charge >= 0.3 is 0 Å². The highest BCUT2D eigenvalue weighted by atomic mass is 16.2. The topological polar surface area (TPSA) is 67.9 Å². The first-order valence-electron chi connectivity index (χ1n) is 35.2. The summed E-state index contributed by atoms with van der Waals surface area (Å²) in [7, 11) is 0. The second-order valence-corrected chi connectivity index (χ2v) is 24.3. The molecule has 2 amide bonds. The molecular weight excluding hydrogens is 931 g/mol. The van der Waals surface area contributed by atoms with Gasteiger partial charge in [-0.1, -0.05) is 317 Å². The van der Waals surface area contributed by atoms with Crippen LogP contribution in [0.5, 0.6) is 0 Å². The molecule has 0 aromatic carbocycles. The zero-order chi connectivity index (χ0) is 55.1. The van der Waals surface area contributed by atoms with Gasteiger partial charge in [-0.25, -0.2) is 0 Å². The van der Waals surface area contributed by atoms with Crippen LogP contribution in [0.1, 0.15) is 362 Å². The van der Waals surface area contributed by atoms with E-state index in [4.69, 9.17) is 0 Å². The Kier molecular flexibility index (Phi) is 63.6. The molecule has 0 fully saturated rings. The molecule has 2 N–H and O–H groups in total.